The monoisotopic (exact) mass is 397 g/mol. The number of carbonyl (C=O) groups excluding carboxylic acids is 1. The molecule has 0 atom stereocenters. The number of hydrogen-bond donors (Lipinski definition) is 0. The van der Waals surface area contributed by atoms with Crippen LogP contribution in [0.4, 0.5) is 5.13 Å². The Morgan fingerprint density at radius 2 is 1.79 bits per heavy atom. The van der Waals surface area contributed by atoms with Gasteiger partial charge >= 0.3 is 0 Å². The minimum atomic E-state index is 0.0661. The van der Waals surface area contributed by atoms with E-state index in [-0.39, 0.29) is 5.91 Å². The van der Waals surface area contributed by atoms with Crippen LogP contribution in [-0.2, 0) is 11.2 Å². The van der Waals surface area contributed by atoms with Crippen molar-refractivity contribution < 1.29 is 9.53 Å². The number of fused-ring (bicyclic) bond motifs is 1. The zero-order chi connectivity index (χ0) is 19.9. The highest BCUT2D eigenvalue weighted by molar-refractivity contribution is 7.22. The molecule has 0 fully saturated rings. The van der Waals surface area contributed by atoms with Crippen LogP contribution in [0.1, 0.15) is 19.4 Å². The molecule has 28 heavy (non-hydrogen) atoms. The minimum Gasteiger partial charge on any atom is -0.494 e. The number of ether oxygens (including phenoxy) is 1. The van der Waals surface area contributed by atoms with Crippen LogP contribution in [0, 0.1) is 0 Å². The fourth-order valence-electron chi connectivity index (χ4n) is 3.17. The van der Waals surface area contributed by atoms with Gasteiger partial charge in [0, 0.05) is 13.1 Å². The largest absolute Gasteiger partial charge is 0.494 e. The van der Waals surface area contributed by atoms with Crippen molar-refractivity contribution in [2.45, 2.75) is 20.3 Å². The van der Waals surface area contributed by atoms with E-state index in [1.807, 2.05) is 53.4 Å². The lowest BCUT2D eigenvalue weighted by Crippen LogP contribution is -2.39. The molecule has 0 aliphatic rings. The quantitative estimate of drug-likeness (QED) is 0.542. The second kappa shape index (κ2) is 9.66. The van der Waals surface area contributed by atoms with Crippen molar-refractivity contribution in [2.75, 3.05) is 38.2 Å². The summed E-state index contributed by atoms with van der Waals surface area (Å²) in [7, 11) is 1.65. The van der Waals surface area contributed by atoms with Gasteiger partial charge in [-0.15, -0.1) is 0 Å². The number of benzene rings is 2. The van der Waals surface area contributed by atoms with E-state index < -0.39 is 0 Å². The summed E-state index contributed by atoms with van der Waals surface area (Å²) in [5, 5.41) is 0.729. The highest BCUT2D eigenvalue weighted by Gasteiger charge is 2.21. The van der Waals surface area contributed by atoms with Gasteiger partial charge in [-0.1, -0.05) is 61.6 Å². The molecular formula is C22H27N3O2S. The third-order valence-corrected chi connectivity index (χ3v) is 5.90. The second-order valence-electron chi connectivity index (χ2n) is 6.54. The number of likely N-dealkylation sites (N-methyl/N-ethyl adjacent to an activating group) is 1. The Morgan fingerprint density at radius 3 is 2.46 bits per heavy atom. The van der Waals surface area contributed by atoms with Gasteiger partial charge in [-0.25, -0.2) is 4.98 Å². The van der Waals surface area contributed by atoms with Crippen molar-refractivity contribution in [1.29, 1.82) is 0 Å². The van der Waals surface area contributed by atoms with Gasteiger partial charge in [-0.05, 0) is 30.8 Å². The molecule has 3 rings (SSSR count). The maximum absolute atomic E-state index is 13.2. The average molecular weight is 398 g/mol. The van der Waals surface area contributed by atoms with E-state index in [1.165, 1.54) is 11.3 Å². The molecule has 0 saturated heterocycles. The van der Waals surface area contributed by atoms with Gasteiger partial charge in [0.25, 0.3) is 0 Å². The molecule has 0 N–H and O–H groups in total. The smallest absolute Gasteiger partial charge is 0.233 e. The first kappa shape index (κ1) is 20.3. The standard InChI is InChI=1S/C22H27N3O2S/c1-4-24(5-2)14-15-25(20(26)16-17-10-7-6-8-11-17)22-23-21-18(27-3)12-9-13-19(21)28-22/h6-13H,4-5,14-16H2,1-3H3. The SMILES string of the molecule is CCN(CC)CCN(C(=O)Cc1ccccc1)c1nc2c(OC)cccc2s1. The van der Waals surface area contributed by atoms with Crippen molar-refractivity contribution in [1.82, 2.24) is 9.88 Å². The van der Waals surface area contributed by atoms with E-state index in [4.69, 9.17) is 9.72 Å². The molecule has 0 unspecified atom stereocenters. The van der Waals surface area contributed by atoms with Gasteiger partial charge in [0.1, 0.15) is 11.3 Å². The van der Waals surface area contributed by atoms with Crippen molar-refractivity contribution in [3.05, 3.63) is 54.1 Å². The fourth-order valence-corrected chi connectivity index (χ4v) is 4.19. The maximum Gasteiger partial charge on any atom is 0.233 e. The predicted molar refractivity (Wildman–Crippen MR) is 116 cm³/mol. The Bertz CT molecular complexity index is 907. The first-order chi connectivity index (χ1) is 13.7. The van der Waals surface area contributed by atoms with E-state index in [9.17, 15) is 4.79 Å². The van der Waals surface area contributed by atoms with Crippen molar-refractivity contribution in [3.63, 3.8) is 0 Å². The molecule has 6 heteroatoms. The van der Waals surface area contributed by atoms with Crippen LogP contribution in [0.15, 0.2) is 48.5 Å². The summed E-state index contributed by atoms with van der Waals surface area (Å²) < 4.78 is 6.47. The number of aromatic nitrogens is 1. The van der Waals surface area contributed by atoms with Crippen LogP contribution >= 0.6 is 11.3 Å². The Morgan fingerprint density at radius 1 is 1.04 bits per heavy atom. The lowest BCUT2D eigenvalue weighted by atomic mass is 10.1. The number of methoxy groups -OCH3 is 1. The lowest BCUT2D eigenvalue weighted by Gasteiger charge is -2.24. The van der Waals surface area contributed by atoms with Crippen LogP contribution in [0.5, 0.6) is 5.75 Å². The lowest BCUT2D eigenvalue weighted by molar-refractivity contribution is -0.118. The number of anilines is 1. The summed E-state index contributed by atoms with van der Waals surface area (Å²) in [6.45, 7) is 7.65. The molecule has 148 valence electrons. The summed E-state index contributed by atoms with van der Waals surface area (Å²) in [4.78, 5) is 22.1. The molecule has 0 aliphatic carbocycles. The van der Waals surface area contributed by atoms with Gasteiger partial charge in [-0.2, -0.15) is 0 Å². The normalized spacial score (nSPS) is 11.1. The molecule has 1 aromatic heterocycles. The fraction of sp³-hybridized carbons (Fsp3) is 0.364. The predicted octanol–water partition coefficient (Wildman–Crippen LogP) is 4.22. The molecule has 0 radical (unpaired) electrons. The van der Waals surface area contributed by atoms with E-state index in [2.05, 4.69) is 18.7 Å². The number of hydrogen-bond acceptors (Lipinski definition) is 5. The van der Waals surface area contributed by atoms with Gasteiger partial charge in [0.2, 0.25) is 5.91 Å². The zero-order valence-electron chi connectivity index (χ0n) is 16.7. The van der Waals surface area contributed by atoms with Crippen LogP contribution in [-0.4, -0.2) is 49.1 Å². The Kier molecular flexibility index (Phi) is 7.01. The third kappa shape index (κ3) is 4.69. The number of carbonyl (C=O) groups is 1. The van der Waals surface area contributed by atoms with Crippen LogP contribution in [0.3, 0.4) is 0 Å². The van der Waals surface area contributed by atoms with Gasteiger partial charge in [0.15, 0.2) is 5.13 Å². The van der Waals surface area contributed by atoms with Crippen LogP contribution in [0.2, 0.25) is 0 Å². The van der Waals surface area contributed by atoms with Gasteiger partial charge in [0.05, 0.1) is 18.2 Å². The minimum absolute atomic E-state index is 0.0661. The van der Waals surface area contributed by atoms with Crippen LogP contribution in [0.25, 0.3) is 10.2 Å². The van der Waals surface area contributed by atoms with Gasteiger partial charge < -0.3 is 9.64 Å². The molecule has 5 nitrogen and oxygen atoms in total. The molecule has 0 saturated carbocycles. The number of thiazole rings is 1. The van der Waals surface area contributed by atoms with E-state index >= 15 is 0 Å². The summed E-state index contributed by atoms with van der Waals surface area (Å²) in [6.07, 6.45) is 0.367. The Balaban J connectivity index is 1.90. The van der Waals surface area contributed by atoms with Gasteiger partial charge in [-0.3, -0.25) is 9.69 Å². The number of rotatable bonds is 9. The first-order valence-corrected chi connectivity index (χ1v) is 10.5. The summed E-state index contributed by atoms with van der Waals surface area (Å²) >= 11 is 1.54. The maximum atomic E-state index is 13.2. The molecule has 0 aliphatic heterocycles. The molecule has 1 amide bonds. The second-order valence-corrected chi connectivity index (χ2v) is 7.55. The van der Waals surface area contributed by atoms with E-state index in [1.54, 1.807) is 7.11 Å². The Labute approximate surface area is 170 Å². The molecule has 3 aromatic rings. The summed E-state index contributed by atoms with van der Waals surface area (Å²) in [6, 6.07) is 15.7. The highest BCUT2D eigenvalue weighted by atomic mass is 32.1. The Hall–Kier alpha value is -2.44. The summed E-state index contributed by atoms with van der Waals surface area (Å²) in [5.74, 6) is 0.801. The molecule has 0 spiro atoms. The van der Waals surface area contributed by atoms with Crippen LogP contribution < -0.4 is 9.64 Å². The number of nitrogens with zero attached hydrogens (tertiary/aromatic N) is 3. The average Bonchev–Trinajstić information content (AvgIpc) is 3.15. The first-order valence-electron chi connectivity index (χ1n) is 9.66. The molecule has 0 bridgehead atoms. The summed E-state index contributed by atoms with van der Waals surface area (Å²) in [5.41, 5.74) is 1.82. The zero-order valence-corrected chi connectivity index (χ0v) is 17.5. The van der Waals surface area contributed by atoms with Crippen molar-refractivity contribution in [2.24, 2.45) is 0 Å². The highest BCUT2D eigenvalue weighted by Crippen LogP contribution is 2.34. The number of para-hydroxylation sites is 1. The van der Waals surface area contributed by atoms with Crippen molar-refractivity contribution in [3.8, 4) is 5.75 Å². The topological polar surface area (TPSA) is 45.7 Å². The number of amides is 1. The molecule has 2 aromatic carbocycles. The van der Waals surface area contributed by atoms with E-state index in [0.29, 0.717) is 13.0 Å². The van der Waals surface area contributed by atoms with Crippen molar-refractivity contribution >= 4 is 32.6 Å². The van der Waals surface area contributed by atoms with E-state index in [0.717, 1.165) is 46.3 Å². The molecule has 1 heterocycles. The molecular weight excluding hydrogens is 370 g/mol. The third-order valence-electron chi connectivity index (χ3n) is 4.85.